The number of hydrogen-bond donors (Lipinski definition) is 1. The van der Waals surface area contributed by atoms with Crippen LogP contribution in [0.2, 0.25) is 0 Å². The molecule has 4 rings (SSSR count). The highest BCUT2D eigenvalue weighted by Crippen LogP contribution is 2.54. The predicted molar refractivity (Wildman–Crippen MR) is 113 cm³/mol. The van der Waals surface area contributed by atoms with Gasteiger partial charge in [0.2, 0.25) is 0 Å². The maximum absolute atomic E-state index is 12.9. The third-order valence-corrected chi connectivity index (χ3v) is 6.08. The number of fused-ring (bicyclic) bond motifs is 3. The molecule has 2 aliphatic heterocycles. The number of carbonyl (C=O) groups is 1. The van der Waals surface area contributed by atoms with Crippen molar-refractivity contribution >= 4 is 29.9 Å². The summed E-state index contributed by atoms with van der Waals surface area (Å²) in [6, 6.07) is 13.2. The number of rotatable bonds is 2. The molecule has 1 amide bonds. The summed E-state index contributed by atoms with van der Waals surface area (Å²) in [7, 11) is 3.71. The maximum Gasteiger partial charge on any atom is 0.417 e. The van der Waals surface area contributed by atoms with Crippen molar-refractivity contribution in [3.8, 4) is 5.75 Å². The molecule has 1 fully saturated rings. The predicted octanol–water partition coefficient (Wildman–Crippen LogP) is 4.41. The van der Waals surface area contributed by atoms with Gasteiger partial charge in [0.25, 0.3) is 0 Å². The third kappa shape index (κ3) is 3.11. The van der Waals surface area contributed by atoms with Crippen molar-refractivity contribution in [2.75, 3.05) is 30.9 Å². The van der Waals surface area contributed by atoms with Gasteiger partial charge in [0, 0.05) is 24.8 Å². The van der Waals surface area contributed by atoms with Gasteiger partial charge in [-0.05, 0) is 49.2 Å². The van der Waals surface area contributed by atoms with E-state index in [0.29, 0.717) is 12.3 Å². The summed E-state index contributed by atoms with van der Waals surface area (Å²) in [5.74, 6) is 0.488. The fourth-order valence-corrected chi connectivity index (χ4v) is 4.81. The van der Waals surface area contributed by atoms with Crippen LogP contribution in [-0.4, -0.2) is 37.5 Å². The molecule has 28 heavy (non-hydrogen) atoms. The standard InChI is InChI=1S/C21H25N3O3.ClH/c1-14-7-5-6-8-17(14)22-20(25)27-15-9-10-18-16(13-15)21(2)11-12-24(4,26)19(21)23(18)3;/h5-10,13,19H,11-12H2,1-4H3,(H,22,25);1H/t19-,21-,24+;/m0./s1. The molecule has 0 spiro atoms. The van der Waals surface area contributed by atoms with Crippen LogP contribution < -0.4 is 15.0 Å². The minimum atomic E-state index is -0.520. The van der Waals surface area contributed by atoms with E-state index in [0.717, 1.165) is 28.9 Å². The molecule has 0 radical (unpaired) electrons. The molecule has 2 heterocycles. The fraction of sp³-hybridized carbons (Fsp3) is 0.381. The SMILES string of the molecule is Cc1ccccc1NC(=O)Oc1ccc2c(c1)[C@]1(C)CC[N@@+](C)([O-])[C@@H]1N2C.Cl. The summed E-state index contributed by atoms with van der Waals surface area (Å²) in [5.41, 5.74) is 3.57. The zero-order valence-corrected chi connectivity index (χ0v) is 17.4. The Labute approximate surface area is 171 Å². The van der Waals surface area contributed by atoms with E-state index >= 15 is 0 Å². The number of hydrogen-bond acceptors (Lipinski definition) is 4. The van der Waals surface area contributed by atoms with Crippen molar-refractivity contribution in [2.45, 2.75) is 31.8 Å². The molecule has 1 N–H and O–H groups in total. The zero-order chi connectivity index (χ0) is 19.4. The average Bonchev–Trinajstić information content (AvgIpc) is 2.99. The van der Waals surface area contributed by atoms with Crippen LogP contribution >= 0.6 is 12.4 Å². The van der Waals surface area contributed by atoms with E-state index in [9.17, 15) is 10.0 Å². The lowest BCUT2D eigenvalue weighted by molar-refractivity contribution is -0.874. The monoisotopic (exact) mass is 403 g/mol. The lowest BCUT2D eigenvalue weighted by atomic mass is 9.81. The van der Waals surface area contributed by atoms with E-state index in [4.69, 9.17) is 4.74 Å². The number of amides is 1. The van der Waals surface area contributed by atoms with Crippen LogP contribution in [0.5, 0.6) is 5.75 Å². The molecule has 150 valence electrons. The lowest BCUT2D eigenvalue weighted by Gasteiger charge is -2.44. The number of para-hydroxylation sites is 1. The molecule has 2 aromatic carbocycles. The van der Waals surface area contributed by atoms with E-state index in [1.54, 1.807) is 13.1 Å². The number of likely N-dealkylation sites (tertiary alicyclic amines) is 1. The lowest BCUT2D eigenvalue weighted by Crippen LogP contribution is -2.54. The highest BCUT2D eigenvalue weighted by molar-refractivity contribution is 5.87. The molecule has 0 aromatic heterocycles. The number of ether oxygens (including phenoxy) is 1. The molecular formula is C21H26ClN3O3. The molecule has 6 nitrogen and oxygen atoms in total. The van der Waals surface area contributed by atoms with Crippen LogP contribution in [0.4, 0.5) is 16.2 Å². The van der Waals surface area contributed by atoms with Crippen LogP contribution in [0, 0.1) is 12.1 Å². The van der Waals surface area contributed by atoms with E-state index in [2.05, 4.69) is 17.1 Å². The van der Waals surface area contributed by atoms with Crippen molar-refractivity contribution in [1.82, 2.24) is 0 Å². The van der Waals surface area contributed by atoms with Gasteiger partial charge in [0.1, 0.15) is 5.75 Å². The number of benzene rings is 2. The molecule has 0 bridgehead atoms. The molecule has 0 saturated carbocycles. The summed E-state index contributed by atoms with van der Waals surface area (Å²) in [5, 5.41) is 15.7. The number of hydroxylamine groups is 3. The molecule has 2 aliphatic rings. The Morgan fingerprint density at radius 2 is 2.04 bits per heavy atom. The number of aryl methyl sites for hydroxylation is 1. The Balaban J connectivity index is 0.00000225. The summed E-state index contributed by atoms with van der Waals surface area (Å²) >= 11 is 0. The number of anilines is 2. The number of likely N-dealkylation sites (N-methyl/N-ethyl adjacent to an activating group) is 2. The van der Waals surface area contributed by atoms with Crippen molar-refractivity contribution in [3.63, 3.8) is 0 Å². The maximum atomic E-state index is 12.9. The van der Waals surface area contributed by atoms with Crippen molar-refractivity contribution in [3.05, 3.63) is 58.8 Å². The Morgan fingerprint density at radius 3 is 2.75 bits per heavy atom. The van der Waals surface area contributed by atoms with Gasteiger partial charge in [-0.3, -0.25) is 5.32 Å². The van der Waals surface area contributed by atoms with Gasteiger partial charge in [-0.1, -0.05) is 18.2 Å². The summed E-state index contributed by atoms with van der Waals surface area (Å²) in [6.45, 7) is 4.66. The van der Waals surface area contributed by atoms with Crippen LogP contribution in [0.25, 0.3) is 0 Å². The van der Waals surface area contributed by atoms with Crippen molar-refractivity contribution < 1.29 is 14.2 Å². The quantitative estimate of drug-likeness (QED) is 0.595. The second kappa shape index (κ2) is 6.95. The summed E-state index contributed by atoms with van der Waals surface area (Å²) in [4.78, 5) is 14.4. The topological polar surface area (TPSA) is 64.6 Å². The second-order valence-electron chi connectivity index (χ2n) is 8.06. The van der Waals surface area contributed by atoms with E-state index in [-0.39, 0.29) is 28.6 Å². The van der Waals surface area contributed by atoms with Gasteiger partial charge < -0.3 is 19.5 Å². The van der Waals surface area contributed by atoms with Gasteiger partial charge >= 0.3 is 6.09 Å². The number of carbonyl (C=O) groups excluding carboxylic acids is 1. The first kappa shape index (κ1) is 20.5. The van der Waals surface area contributed by atoms with Crippen molar-refractivity contribution in [1.29, 1.82) is 0 Å². The molecule has 3 atom stereocenters. The fourth-order valence-electron chi connectivity index (χ4n) is 4.81. The molecule has 7 heteroatoms. The smallest absolute Gasteiger partial charge is 0.417 e. The minimum Gasteiger partial charge on any atom is -0.631 e. The van der Waals surface area contributed by atoms with Crippen LogP contribution in [0.1, 0.15) is 24.5 Å². The molecule has 0 aliphatic carbocycles. The average molecular weight is 404 g/mol. The zero-order valence-electron chi connectivity index (χ0n) is 16.6. The van der Waals surface area contributed by atoms with E-state index < -0.39 is 6.09 Å². The third-order valence-electron chi connectivity index (χ3n) is 6.08. The van der Waals surface area contributed by atoms with Gasteiger partial charge in [0.05, 0.1) is 19.0 Å². The molecule has 2 aromatic rings. The first-order valence-electron chi connectivity index (χ1n) is 9.20. The Bertz CT molecular complexity index is 918. The first-order valence-corrected chi connectivity index (χ1v) is 9.20. The molecule has 0 unspecified atom stereocenters. The van der Waals surface area contributed by atoms with Gasteiger partial charge in [-0.25, -0.2) is 4.79 Å². The highest BCUT2D eigenvalue weighted by atomic mass is 35.5. The minimum absolute atomic E-state index is 0. The van der Waals surface area contributed by atoms with Crippen LogP contribution in [-0.2, 0) is 5.41 Å². The number of quaternary nitrogens is 1. The largest absolute Gasteiger partial charge is 0.631 e. The summed E-state index contributed by atoms with van der Waals surface area (Å²) in [6.07, 6.45) is 0.144. The van der Waals surface area contributed by atoms with E-state index in [1.165, 1.54) is 0 Å². The normalized spacial score (nSPS) is 27.6. The van der Waals surface area contributed by atoms with Gasteiger partial charge in [-0.15, -0.1) is 12.4 Å². The van der Waals surface area contributed by atoms with Crippen LogP contribution in [0.3, 0.4) is 0 Å². The highest BCUT2D eigenvalue weighted by Gasteiger charge is 2.58. The second-order valence-corrected chi connectivity index (χ2v) is 8.06. The number of nitrogens with one attached hydrogen (secondary N) is 1. The van der Waals surface area contributed by atoms with E-state index in [1.807, 2.05) is 50.4 Å². The Hall–Kier alpha value is -2.28. The Kier molecular flexibility index (Phi) is 5.08. The van der Waals surface area contributed by atoms with Crippen molar-refractivity contribution in [2.24, 2.45) is 0 Å². The van der Waals surface area contributed by atoms with Gasteiger partial charge in [-0.2, -0.15) is 0 Å². The first-order chi connectivity index (χ1) is 12.7. The number of halogens is 1. The Morgan fingerprint density at radius 1 is 1.32 bits per heavy atom. The molecular weight excluding hydrogens is 378 g/mol. The summed E-state index contributed by atoms with van der Waals surface area (Å²) < 4.78 is 5.26. The number of nitrogens with zero attached hydrogens (tertiary/aromatic N) is 2. The van der Waals surface area contributed by atoms with Crippen LogP contribution in [0.15, 0.2) is 42.5 Å². The molecule has 1 saturated heterocycles. The van der Waals surface area contributed by atoms with Gasteiger partial charge in [0.15, 0.2) is 6.17 Å².